The first-order valence-corrected chi connectivity index (χ1v) is 6.96. The van der Waals surface area contributed by atoms with E-state index in [-0.39, 0.29) is 0 Å². The molecule has 0 aliphatic heterocycles. The molecule has 3 nitrogen and oxygen atoms in total. The lowest BCUT2D eigenvalue weighted by molar-refractivity contribution is 0.415. The molecule has 0 saturated heterocycles. The van der Waals surface area contributed by atoms with Crippen molar-refractivity contribution < 1.29 is 4.74 Å². The van der Waals surface area contributed by atoms with Crippen LogP contribution in [0, 0.1) is 0 Å². The lowest BCUT2D eigenvalue weighted by Gasteiger charge is -2.00. The summed E-state index contributed by atoms with van der Waals surface area (Å²) < 4.78 is 5.11. The van der Waals surface area contributed by atoms with Crippen molar-refractivity contribution in [2.75, 3.05) is 7.11 Å². The third-order valence-electron chi connectivity index (χ3n) is 3.11. The van der Waals surface area contributed by atoms with Crippen molar-refractivity contribution >= 4 is 11.4 Å². The zero-order valence-corrected chi connectivity index (χ0v) is 12.0. The minimum absolute atomic E-state index is 0.820. The number of hydrogen-bond donors (Lipinski definition) is 0. The quantitative estimate of drug-likeness (QED) is 0.641. The molecule has 0 aromatic heterocycles. The molecule has 0 atom stereocenters. The van der Waals surface area contributed by atoms with Crippen LogP contribution in [0.4, 0.5) is 11.4 Å². The van der Waals surface area contributed by atoms with Gasteiger partial charge in [0.25, 0.3) is 0 Å². The highest BCUT2D eigenvalue weighted by molar-refractivity contribution is 5.43. The fourth-order valence-corrected chi connectivity index (χ4v) is 1.87. The number of nitrogens with zero attached hydrogens (tertiary/aromatic N) is 2. The van der Waals surface area contributed by atoms with Gasteiger partial charge in [0, 0.05) is 0 Å². The number of ether oxygens (including phenoxy) is 1. The van der Waals surface area contributed by atoms with Crippen LogP contribution in [0.1, 0.15) is 25.3 Å². The Kier molecular flexibility index (Phi) is 5.30. The molecule has 0 saturated carbocycles. The Morgan fingerprint density at radius 1 is 0.850 bits per heavy atom. The van der Waals surface area contributed by atoms with Crippen molar-refractivity contribution in [3.05, 3.63) is 54.1 Å². The minimum Gasteiger partial charge on any atom is -0.497 e. The van der Waals surface area contributed by atoms with Gasteiger partial charge in [0.2, 0.25) is 0 Å². The van der Waals surface area contributed by atoms with E-state index in [4.69, 9.17) is 4.74 Å². The molecule has 0 spiro atoms. The first kappa shape index (κ1) is 14.3. The van der Waals surface area contributed by atoms with Crippen molar-refractivity contribution in [3.8, 4) is 5.75 Å². The van der Waals surface area contributed by atoms with Crippen LogP contribution < -0.4 is 4.74 Å². The van der Waals surface area contributed by atoms with Crippen LogP contribution >= 0.6 is 0 Å². The molecule has 20 heavy (non-hydrogen) atoms. The molecule has 0 fully saturated rings. The summed E-state index contributed by atoms with van der Waals surface area (Å²) in [6, 6.07) is 15.8. The van der Waals surface area contributed by atoms with Crippen LogP contribution in [-0.4, -0.2) is 7.11 Å². The van der Waals surface area contributed by atoms with Gasteiger partial charge in [-0.15, -0.1) is 0 Å². The van der Waals surface area contributed by atoms with Gasteiger partial charge in [-0.2, -0.15) is 10.2 Å². The van der Waals surface area contributed by atoms with Crippen molar-refractivity contribution in [3.63, 3.8) is 0 Å². The molecule has 2 aromatic rings. The van der Waals surface area contributed by atoms with Gasteiger partial charge in [-0.1, -0.05) is 25.5 Å². The van der Waals surface area contributed by atoms with E-state index in [2.05, 4.69) is 29.3 Å². The number of unbranched alkanes of at least 4 members (excludes halogenated alkanes) is 1. The van der Waals surface area contributed by atoms with Crippen molar-refractivity contribution in [1.82, 2.24) is 0 Å². The summed E-state index contributed by atoms with van der Waals surface area (Å²) in [5.41, 5.74) is 3.05. The highest BCUT2D eigenvalue weighted by Crippen LogP contribution is 2.21. The van der Waals surface area contributed by atoms with Crippen LogP contribution in [0.3, 0.4) is 0 Å². The molecule has 3 heteroatoms. The van der Waals surface area contributed by atoms with Gasteiger partial charge in [-0.05, 0) is 54.8 Å². The molecular weight excluding hydrogens is 248 g/mol. The third kappa shape index (κ3) is 4.19. The topological polar surface area (TPSA) is 34.0 Å². The molecule has 0 N–H and O–H groups in total. The second kappa shape index (κ2) is 7.43. The van der Waals surface area contributed by atoms with Gasteiger partial charge in [0.1, 0.15) is 5.75 Å². The summed E-state index contributed by atoms with van der Waals surface area (Å²) in [7, 11) is 1.65. The average molecular weight is 268 g/mol. The van der Waals surface area contributed by atoms with E-state index in [0.29, 0.717) is 0 Å². The summed E-state index contributed by atoms with van der Waals surface area (Å²) in [6.07, 6.45) is 3.58. The smallest absolute Gasteiger partial charge is 0.119 e. The maximum absolute atomic E-state index is 5.11. The van der Waals surface area contributed by atoms with E-state index >= 15 is 0 Å². The summed E-state index contributed by atoms with van der Waals surface area (Å²) >= 11 is 0. The molecule has 0 aliphatic carbocycles. The minimum atomic E-state index is 0.820. The fraction of sp³-hybridized carbons (Fsp3) is 0.294. The average Bonchev–Trinajstić information content (AvgIpc) is 2.52. The summed E-state index contributed by atoms with van der Waals surface area (Å²) in [4.78, 5) is 0. The number of hydrogen-bond acceptors (Lipinski definition) is 3. The Balaban J connectivity index is 1.99. The van der Waals surface area contributed by atoms with E-state index in [1.807, 2.05) is 36.4 Å². The molecule has 0 radical (unpaired) electrons. The van der Waals surface area contributed by atoms with Crippen LogP contribution in [0.15, 0.2) is 58.8 Å². The van der Waals surface area contributed by atoms with Crippen LogP contribution in [-0.2, 0) is 6.42 Å². The Morgan fingerprint density at radius 2 is 1.40 bits per heavy atom. The first-order valence-electron chi connectivity index (χ1n) is 6.96. The van der Waals surface area contributed by atoms with E-state index < -0.39 is 0 Å². The van der Waals surface area contributed by atoms with Crippen LogP contribution in [0.5, 0.6) is 5.75 Å². The van der Waals surface area contributed by atoms with E-state index in [1.54, 1.807) is 7.11 Å². The van der Waals surface area contributed by atoms with Crippen molar-refractivity contribution in [2.45, 2.75) is 26.2 Å². The SMILES string of the molecule is CCCCc1ccc(/N=N/c2ccc(OC)cc2)cc1. The van der Waals surface area contributed by atoms with E-state index in [0.717, 1.165) is 23.5 Å². The van der Waals surface area contributed by atoms with Gasteiger partial charge in [-0.25, -0.2) is 0 Å². The Labute approximate surface area is 120 Å². The Morgan fingerprint density at radius 3 is 1.90 bits per heavy atom. The molecule has 0 unspecified atom stereocenters. The van der Waals surface area contributed by atoms with Gasteiger partial charge in [0.15, 0.2) is 0 Å². The van der Waals surface area contributed by atoms with Crippen LogP contribution in [0.25, 0.3) is 0 Å². The number of methoxy groups -OCH3 is 1. The van der Waals surface area contributed by atoms with Crippen LogP contribution in [0.2, 0.25) is 0 Å². The second-order valence-electron chi connectivity index (χ2n) is 4.67. The zero-order valence-electron chi connectivity index (χ0n) is 12.0. The van der Waals surface area contributed by atoms with Gasteiger partial charge in [0.05, 0.1) is 18.5 Å². The molecule has 0 heterocycles. The lowest BCUT2D eigenvalue weighted by atomic mass is 10.1. The molecule has 104 valence electrons. The monoisotopic (exact) mass is 268 g/mol. The van der Waals surface area contributed by atoms with Gasteiger partial charge in [-0.3, -0.25) is 0 Å². The van der Waals surface area contributed by atoms with Gasteiger partial charge < -0.3 is 4.74 Å². The highest BCUT2D eigenvalue weighted by atomic mass is 16.5. The summed E-state index contributed by atoms with van der Waals surface area (Å²) in [5.74, 6) is 0.823. The van der Waals surface area contributed by atoms with E-state index in [1.165, 1.54) is 18.4 Å². The second-order valence-corrected chi connectivity index (χ2v) is 4.67. The number of azo groups is 1. The maximum atomic E-state index is 5.11. The molecule has 0 aliphatic rings. The lowest BCUT2D eigenvalue weighted by Crippen LogP contribution is -1.82. The number of rotatable bonds is 6. The Bertz CT molecular complexity index is 544. The summed E-state index contributed by atoms with van der Waals surface area (Å²) in [5, 5.41) is 8.45. The molecule has 2 aromatic carbocycles. The number of benzene rings is 2. The summed E-state index contributed by atoms with van der Waals surface area (Å²) in [6.45, 7) is 2.21. The molecule has 0 amide bonds. The normalized spacial score (nSPS) is 10.9. The standard InChI is InChI=1S/C17H20N2O/c1-3-4-5-14-6-8-15(9-7-14)18-19-16-10-12-17(20-2)13-11-16/h6-13H,3-5H2,1-2H3/b19-18+. The Hall–Kier alpha value is -2.16. The third-order valence-corrected chi connectivity index (χ3v) is 3.11. The van der Waals surface area contributed by atoms with Gasteiger partial charge >= 0.3 is 0 Å². The predicted molar refractivity (Wildman–Crippen MR) is 82.2 cm³/mol. The first-order chi connectivity index (χ1) is 9.81. The van der Waals surface area contributed by atoms with E-state index in [9.17, 15) is 0 Å². The molecular formula is C17H20N2O. The highest BCUT2D eigenvalue weighted by Gasteiger charge is 1.95. The fourth-order valence-electron chi connectivity index (χ4n) is 1.87. The van der Waals surface area contributed by atoms with Crippen molar-refractivity contribution in [1.29, 1.82) is 0 Å². The zero-order chi connectivity index (χ0) is 14.2. The molecule has 0 bridgehead atoms. The maximum Gasteiger partial charge on any atom is 0.119 e. The predicted octanol–water partition coefficient (Wildman–Crippen LogP) is 5.45. The number of aryl methyl sites for hydroxylation is 1. The molecule has 2 rings (SSSR count). The largest absolute Gasteiger partial charge is 0.497 e. The van der Waals surface area contributed by atoms with Crippen molar-refractivity contribution in [2.24, 2.45) is 10.2 Å².